The Morgan fingerprint density at radius 2 is 2.06 bits per heavy atom. The van der Waals surface area contributed by atoms with E-state index in [9.17, 15) is 0 Å². The van der Waals surface area contributed by atoms with Crippen molar-refractivity contribution < 1.29 is 9.84 Å². The van der Waals surface area contributed by atoms with Crippen molar-refractivity contribution in [1.82, 2.24) is 5.32 Å². The molecule has 16 heavy (non-hydrogen) atoms. The zero-order valence-corrected chi connectivity index (χ0v) is 9.65. The Morgan fingerprint density at radius 3 is 2.56 bits per heavy atom. The zero-order valence-electron chi connectivity index (χ0n) is 9.65. The lowest BCUT2D eigenvalue weighted by Crippen LogP contribution is -2.34. The van der Waals surface area contributed by atoms with Crippen LogP contribution in [0.2, 0.25) is 0 Å². The highest BCUT2D eigenvalue weighted by molar-refractivity contribution is 5.29. The van der Waals surface area contributed by atoms with Gasteiger partial charge in [-0.15, -0.1) is 0 Å². The van der Waals surface area contributed by atoms with E-state index < -0.39 is 0 Å². The minimum absolute atomic E-state index is 0.294. The van der Waals surface area contributed by atoms with Crippen LogP contribution in [0.3, 0.4) is 0 Å². The molecule has 2 unspecified atom stereocenters. The molecule has 1 aliphatic rings. The van der Waals surface area contributed by atoms with Gasteiger partial charge in [-0.1, -0.05) is 12.1 Å². The van der Waals surface area contributed by atoms with Crippen molar-refractivity contribution in [2.24, 2.45) is 5.92 Å². The Hall–Kier alpha value is -1.06. The van der Waals surface area contributed by atoms with Crippen LogP contribution in [0.25, 0.3) is 0 Å². The molecule has 3 nitrogen and oxygen atoms in total. The summed E-state index contributed by atoms with van der Waals surface area (Å²) in [6.07, 6.45) is 2.19. The number of aliphatic hydroxyl groups excluding tert-OH is 1. The predicted octanol–water partition coefficient (Wildman–Crippen LogP) is 1.73. The highest BCUT2D eigenvalue weighted by atomic mass is 16.5. The topological polar surface area (TPSA) is 41.5 Å². The van der Waals surface area contributed by atoms with E-state index in [1.807, 2.05) is 12.1 Å². The number of hydrogen-bond donors (Lipinski definition) is 2. The van der Waals surface area contributed by atoms with Crippen LogP contribution in [0, 0.1) is 5.92 Å². The van der Waals surface area contributed by atoms with Gasteiger partial charge in [-0.25, -0.2) is 0 Å². The Morgan fingerprint density at radius 1 is 1.31 bits per heavy atom. The Kier molecular flexibility index (Phi) is 3.80. The van der Waals surface area contributed by atoms with E-state index in [0.717, 1.165) is 25.1 Å². The van der Waals surface area contributed by atoms with E-state index in [4.69, 9.17) is 9.84 Å². The summed E-state index contributed by atoms with van der Waals surface area (Å²) in [6.45, 7) is 1.20. The largest absolute Gasteiger partial charge is 0.497 e. The lowest BCUT2D eigenvalue weighted by atomic mass is 9.91. The van der Waals surface area contributed by atoms with Crippen molar-refractivity contribution in [2.75, 3.05) is 20.3 Å². The van der Waals surface area contributed by atoms with Crippen LogP contribution in [-0.2, 0) is 0 Å². The molecule has 2 rings (SSSR count). The minimum atomic E-state index is 0.294. The Labute approximate surface area is 96.4 Å². The smallest absolute Gasteiger partial charge is 0.118 e. The summed E-state index contributed by atoms with van der Waals surface area (Å²) >= 11 is 0. The second-order valence-corrected chi connectivity index (χ2v) is 4.36. The van der Waals surface area contributed by atoms with Crippen molar-refractivity contribution >= 4 is 0 Å². The molecule has 1 aromatic carbocycles. The number of rotatable bonds is 3. The van der Waals surface area contributed by atoms with E-state index >= 15 is 0 Å². The second-order valence-electron chi connectivity index (χ2n) is 4.36. The number of nitrogens with one attached hydrogen (secondary N) is 1. The highest BCUT2D eigenvalue weighted by Gasteiger charge is 2.20. The standard InChI is InChI=1S/C13H19NO2/c1-16-12-5-3-11(4-6-12)13-7-2-10(9-15)8-14-13/h3-6,10,13-15H,2,7-9H2,1H3. The minimum Gasteiger partial charge on any atom is -0.497 e. The quantitative estimate of drug-likeness (QED) is 0.816. The highest BCUT2D eigenvalue weighted by Crippen LogP contribution is 2.26. The molecule has 1 aromatic rings. The SMILES string of the molecule is COc1ccc(C2CCC(CO)CN2)cc1. The van der Waals surface area contributed by atoms with Gasteiger partial charge in [0.2, 0.25) is 0 Å². The first-order valence-electron chi connectivity index (χ1n) is 5.81. The van der Waals surface area contributed by atoms with Crippen LogP contribution >= 0.6 is 0 Å². The van der Waals surface area contributed by atoms with Gasteiger partial charge in [0.05, 0.1) is 7.11 Å². The third-order valence-electron chi connectivity index (χ3n) is 3.29. The van der Waals surface area contributed by atoms with Crippen LogP contribution in [0.1, 0.15) is 24.4 Å². The van der Waals surface area contributed by atoms with Gasteiger partial charge in [0, 0.05) is 19.2 Å². The maximum Gasteiger partial charge on any atom is 0.118 e. The third kappa shape index (κ3) is 2.54. The van der Waals surface area contributed by atoms with Crippen molar-refractivity contribution in [1.29, 1.82) is 0 Å². The van der Waals surface area contributed by atoms with Gasteiger partial charge in [0.15, 0.2) is 0 Å². The van der Waals surface area contributed by atoms with Gasteiger partial charge in [0.1, 0.15) is 5.75 Å². The van der Waals surface area contributed by atoms with Gasteiger partial charge >= 0.3 is 0 Å². The average Bonchev–Trinajstić information content (AvgIpc) is 2.39. The average molecular weight is 221 g/mol. The molecule has 0 aliphatic carbocycles. The maximum absolute atomic E-state index is 9.06. The first-order chi connectivity index (χ1) is 7.83. The number of hydrogen-bond acceptors (Lipinski definition) is 3. The predicted molar refractivity (Wildman–Crippen MR) is 63.5 cm³/mol. The molecule has 1 fully saturated rings. The van der Waals surface area contributed by atoms with Crippen molar-refractivity contribution in [3.8, 4) is 5.75 Å². The summed E-state index contributed by atoms with van der Waals surface area (Å²) in [6, 6.07) is 8.63. The summed E-state index contributed by atoms with van der Waals surface area (Å²) in [5.74, 6) is 1.32. The van der Waals surface area contributed by atoms with E-state index in [1.54, 1.807) is 7.11 Å². The van der Waals surface area contributed by atoms with Crippen LogP contribution in [-0.4, -0.2) is 25.4 Å². The van der Waals surface area contributed by atoms with Gasteiger partial charge in [-0.05, 0) is 36.5 Å². The molecule has 0 amide bonds. The van der Waals surface area contributed by atoms with E-state index in [-0.39, 0.29) is 0 Å². The van der Waals surface area contributed by atoms with Gasteiger partial charge in [-0.2, -0.15) is 0 Å². The normalized spacial score (nSPS) is 25.4. The molecule has 0 bridgehead atoms. The summed E-state index contributed by atoms with van der Waals surface area (Å²) in [4.78, 5) is 0. The number of aliphatic hydroxyl groups is 1. The monoisotopic (exact) mass is 221 g/mol. The van der Waals surface area contributed by atoms with Crippen LogP contribution in [0.5, 0.6) is 5.75 Å². The molecule has 0 spiro atoms. The number of benzene rings is 1. The lowest BCUT2D eigenvalue weighted by molar-refractivity contribution is 0.184. The Balaban J connectivity index is 1.97. The van der Waals surface area contributed by atoms with Crippen molar-refractivity contribution in [3.05, 3.63) is 29.8 Å². The Bertz CT molecular complexity index is 315. The first kappa shape index (κ1) is 11.4. The van der Waals surface area contributed by atoms with E-state index in [2.05, 4.69) is 17.4 Å². The zero-order chi connectivity index (χ0) is 11.4. The molecular formula is C13H19NO2. The molecule has 2 N–H and O–H groups in total. The van der Waals surface area contributed by atoms with E-state index in [0.29, 0.717) is 18.6 Å². The molecule has 0 saturated carbocycles. The number of ether oxygens (including phenoxy) is 1. The molecule has 1 heterocycles. The van der Waals surface area contributed by atoms with Gasteiger partial charge in [-0.3, -0.25) is 0 Å². The van der Waals surface area contributed by atoms with E-state index in [1.165, 1.54) is 5.56 Å². The molecule has 0 radical (unpaired) electrons. The van der Waals surface area contributed by atoms with Gasteiger partial charge < -0.3 is 15.2 Å². The summed E-state index contributed by atoms with van der Waals surface area (Å²) in [7, 11) is 1.68. The molecule has 3 heteroatoms. The second kappa shape index (κ2) is 5.32. The molecular weight excluding hydrogens is 202 g/mol. The molecule has 0 aromatic heterocycles. The molecule has 1 aliphatic heterocycles. The summed E-state index contributed by atoms with van der Waals surface area (Å²) in [5.41, 5.74) is 1.30. The summed E-state index contributed by atoms with van der Waals surface area (Å²) in [5, 5.41) is 12.5. The summed E-state index contributed by atoms with van der Waals surface area (Å²) < 4.78 is 5.14. The first-order valence-corrected chi connectivity index (χ1v) is 5.81. The van der Waals surface area contributed by atoms with Crippen molar-refractivity contribution in [2.45, 2.75) is 18.9 Å². The maximum atomic E-state index is 9.06. The lowest BCUT2D eigenvalue weighted by Gasteiger charge is -2.29. The van der Waals surface area contributed by atoms with Crippen molar-refractivity contribution in [3.63, 3.8) is 0 Å². The van der Waals surface area contributed by atoms with Crippen LogP contribution < -0.4 is 10.1 Å². The van der Waals surface area contributed by atoms with Crippen LogP contribution in [0.4, 0.5) is 0 Å². The fraction of sp³-hybridized carbons (Fsp3) is 0.538. The number of piperidine rings is 1. The molecule has 88 valence electrons. The fourth-order valence-electron chi connectivity index (χ4n) is 2.19. The third-order valence-corrected chi connectivity index (χ3v) is 3.29. The van der Waals surface area contributed by atoms with Gasteiger partial charge in [0.25, 0.3) is 0 Å². The fourth-order valence-corrected chi connectivity index (χ4v) is 2.19. The van der Waals surface area contributed by atoms with Crippen LogP contribution in [0.15, 0.2) is 24.3 Å². The molecule has 1 saturated heterocycles. The molecule has 2 atom stereocenters. The number of methoxy groups -OCH3 is 1.